The number of nitrogens with one attached hydrogen (secondary N) is 3. The van der Waals surface area contributed by atoms with E-state index in [4.69, 9.17) is 0 Å². The third kappa shape index (κ3) is 3.37. The van der Waals surface area contributed by atoms with Crippen molar-refractivity contribution in [2.75, 3.05) is 10.3 Å². The van der Waals surface area contributed by atoms with Crippen LogP contribution in [0, 0.1) is 0 Å². The van der Waals surface area contributed by atoms with Crippen molar-refractivity contribution in [1.29, 1.82) is 0 Å². The second-order valence-corrected chi connectivity index (χ2v) is 6.32. The van der Waals surface area contributed by atoms with Crippen molar-refractivity contribution >= 4 is 29.2 Å². The molecule has 4 rings (SSSR count). The maximum absolute atomic E-state index is 12.1. The summed E-state index contributed by atoms with van der Waals surface area (Å²) in [4.78, 5) is 35.0. The summed E-state index contributed by atoms with van der Waals surface area (Å²) >= 11 is 0. The Hall–Kier alpha value is -3.16. The number of hydrogen-bond donors (Lipinski definition) is 3. The second-order valence-electron chi connectivity index (χ2n) is 6.32. The minimum atomic E-state index is -0.321. The standard InChI is InChI=1S/C17H17N5O3/c23-15(18-14-8-13(19-20-14)11-3-4-11)7-10-1-5-12(6-2-10)22-17(25)9-16(24)21-22/h1-2,5-6,8,11H,3-4,7,9H2,(H,21,24)(H2,18,19,20,23). The lowest BCUT2D eigenvalue weighted by molar-refractivity contribution is -0.122. The van der Waals surface area contributed by atoms with Crippen molar-refractivity contribution < 1.29 is 14.4 Å². The minimum Gasteiger partial charge on any atom is -0.309 e. The van der Waals surface area contributed by atoms with Gasteiger partial charge in [0.25, 0.3) is 5.91 Å². The molecule has 2 fully saturated rings. The Labute approximate surface area is 143 Å². The van der Waals surface area contributed by atoms with E-state index in [2.05, 4.69) is 20.9 Å². The Kier molecular flexibility index (Phi) is 3.72. The molecule has 2 heterocycles. The van der Waals surface area contributed by atoms with Crippen molar-refractivity contribution in [3.05, 3.63) is 41.6 Å². The van der Waals surface area contributed by atoms with E-state index in [0.29, 0.717) is 17.4 Å². The molecule has 0 bridgehead atoms. The molecular weight excluding hydrogens is 322 g/mol. The first-order chi connectivity index (χ1) is 12.1. The van der Waals surface area contributed by atoms with E-state index in [1.165, 1.54) is 17.9 Å². The molecule has 8 heteroatoms. The zero-order chi connectivity index (χ0) is 17.4. The predicted octanol–water partition coefficient (Wildman–Crippen LogP) is 1.24. The first-order valence-corrected chi connectivity index (χ1v) is 8.15. The second kappa shape index (κ2) is 6.04. The largest absolute Gasteiger partial charge is 0.309 e. The van der Waals surface area contributed by atoms with Gasteiger partial charge in [0.15, 0.2) is 5.82 Å². The van der Waals surface area contributed by atoms with E-state index >= 15 is 0 Å². The Morgan fingerprint density at radius 2 is 2.00 bits per heavy atom. The topological polar surface area (TPSA) is 107 Å². The summed E-state index contributed by atoms with van der Waals surface area (Å²) in [5, 5.41) is 11.0. The Bertz CT molecular complexity index is 838. The molecule has 25 heavy (non-hydrogen) atoms. The van der Waals surface area contributed by atoms with Crippen LogP contribution in [0.15, 0.2) is 30.3 Å². The van der Waals surface area contributed by atoms with Gasteiger partial charge < -0.3 is 5.32 Å². The molecule has 1 saturated carbocycles. The van der Waals surface area contributed by atoms with Gasteiger partial charge in [-0.15, -0.1) is 0 Å². The Morgan fingerprint density at radius 1 is 1.24 bits per heavy atom. The number of H-pyrrole nitrogens is 1. The molecule has 1 saturated heterocycles. The normalized spacial score (nSPS) is 16.9. The van der Waals surface area contributed by atoms with E-state index in [9.17, 15) is 14.4 Å². The molecule has 8 nitrogen and oxygen atoms in total. The molecule has 0 atom stereocenters. The number of aromatic amines is 1. The highest BCUT2D eigenvalue weighted by molar-refractivity contribution is 6.11. The smallest absolute Gasteiger partial charge is 0.255 e. The molecule has 2 aliphatic rings. The number of benzene rings is 1. The lowest BCUT2D eigenvalue weighted by Crippen LogP contribution is -2.35. The SMILES string of the molecule is O=C(Cc1ccc(N2NC(=O)CC2=O)cc1)Nc1cc(C2CC2)[nH]n1. The Morgan fingerprint density at radius 3 is 2.64 bits per heavy atom. The van der Waals surface area contributed by atoms with Crippen LogP contribution >= 0.6 is 0 Å². The van der Waals surface area contributed by atoms with E-state index in [1.807, 2.05) is 6.07 Å². The number of hydrazine groups is 1. The number of hydrogen-bond acceptors (Lipinski definition) is 4. The summed E-state index contributed by atoms with van der Waals surface area (Å²) < 4.78 is 0. The number of anilines is 2. The van der Waals surface area contributed by atoms with Crippen LogP contribution in [0.1, 0.15) is 36.4 Å². The van der Waals surface area contributed by atoms with E-state index in [0.717, 1.165) is 11.3 Å². The third-order valence-electron chi connectivity index (χ3n) is 4.24. The average molecular weight is 339 g/mol. The van der Waals surface area contributed by atoms with Gasteiger partial charge in [0.1, 0.15) is 6.42 Å². The molecule has 3 N–H and O–H groups in total. The molecule has 1 aliphatic heterocycles. The van der Waals surface area contributed by atoms with Gasteiger partial charge in [-0.3, -0.25) is 24.9 Å². The first-order valence-electron chi connectivity index (χ1n) is 8.15. The quantitative estimate of drug-likeness (QED) is 0.712. The molecule has 0 radical (unpaired) electrons. The summed E-state index contributed by atoms with van der Waals surface area (Å²) in [6, 6.07) is 8.79. The van der Waals surface area contributed by atoms with Crippen LogP contribution in [0.25, 0.3) is 0 Å². The lowest BCUT2D eigenvalue weighted by Gasteiger charge is -2.15. The monoisotopic (exact) mass is 339 g/mol. The van der Waals surface area contributed by atoms with Crippen molar-refractivity contribution in [3.63, 3.8) is 0 Å². The molecule has 1 aromatic heterocycles. The van der Waals surface area contributed by atoms with E-state index < -0.39 is 0 Å². The number of aromatic nitrogens is 2. The predicted molar refractivity (Wildman–Crippen MR) is 89.6 cm³/mol. The Balaban J connectivity index is 1.36. The maximum Gasteiger partial charge on any atom is 0.255 e. The van der Waals surface area contributed by atoms with Gasteiger partial charge in [-0.2, -0.15) is 5.10 Å². The molecule has 128 valence electrons. The van der Waals surface area contributed by atoms with Gasteiger partial charge in [0.05, 0.1) is 12.1 Å². The third-order valence-corrected chi connectivity index (χ3v) is 4.24. The van der Waals surface area contributed by atoms with Crippen molar-refractivity contribution in [2.45, 2.75) is 31.6 Å². The average Bonchev–Trinajstić information content (AvgIpc) is 3.24. The number of carbonyl (C=O) groups excluding carboxylic acids is 3. The van der Waals surface area contributed by atoms with Gasteiger partial charge in [-0.1, -0.05) is 12.1 Å². The van der Waals surface area contributed by atoms with Gasteiger partial charge in [0, 0.05) is 17.7 Å². The van der Waals surface area contributed by atoms with Crippen LogP contribution in [-0.2, 0) is 20.8 Å². The maximum atomic E-state index is 12.1. The highest BCUT2D eigenvalue weighted by atomic mass is 16.2. The molecule has 0 spiro atoms. The number of nitrogens with zero attached hydrogens (tertiary/aromatic N) is 2. The van der Waals surface area contributed by atoms with Gasteiger partial charge >= 0.3 is 0 Å². The van der Waals surface area contributed by atoms with Crippen molar-refractivity contribution in [1.82, 2.24) is 15.6 Å². The summed E-state index contributed by atoms with van der Waals surface area (Å²) in [7, 11) is 0. The van der Waals surface area contributed by atoms with Crippen LogP contribution < -0.4 is 15.8 Å². The first kappa shape index (κ1) is 15.4. The van der Waals surface area contributed by atoms with Crippen LogP contribution in [0.5, 0.6) is 0 Å². The lowest BCUT2D eigenvalue weighted by atomic mass is 10.1. The number of carbonyl (C=O) groups is 3. The zero-order valence-corrected chi connectivity index (χ0v) is 13.4. The minimum absolute atomic E-state index is 0.142. The summed E-state index contributed by atoms with van der Waals surface area (Å²) in [6.45, 7) is 0. The van der Waals surface area contributed by atoms with Gasteiger partial charge in [0.2, 0.25) is 11.8 Å². The molecule has 0 unspecified atom stereocenters. The fraction of sp³-hybridized carbons (Fsp3) is 0.294. The van der Waals surface area contributed by atoms with E-state index in [-0.39, 0.29) is 30.6 Å². The van der Waals surface area contributed by atoms with Crippen molar-refractivity contribution in [2.24, 2.45) is 0 Å². The zero-order valence-electron chi connectivity index (χ0n) is 13.4. The molecule has 2 aromatic rings. The highest BCUT2D eigenvalue weighted by Crippen LogP contribution is 2.39. The van der Waals surface area contributed by atoms with E-state index in [1.54, 1.807) is 24.3 Å². The highest BCUT2D eigenvalue weighted by Gasteiger charge is 2.28. The summed E-state index contributed by atoms with van der Waals surface area (Å²) in [6.07, 6.45) is 2.40. The number of rotatable bonds is 5. The van der Waals surface area contributed by atoms with Crippen molar-refractivity contribution in [3.8, 4) is 0 Å². The summed E-state index contributed by atoms with van der Waals surface area (Å²) in [5.41, 5.74) is 4.92. The fourth-order valence-corrected chi connectivity index (χ4v) is 2.79. The van der Waals surface area contributed by atoms with Crippen LogP contribution in [0.2, 0.25) is 0 Å². The molecule has 1 aliphatic carbocycles. The summed E-state index contributed by atoms with van der Waals surface area (Å²) in [5.74, 6) is 0.319. The molecular formula is C17H17N5O3. The van der Waals surface area contributed by atoms with Crippen LogP contribution in [0.3, 0.4) is 0 Å². The molecule has 1 aromatic carbocycles. The van der Waals surface area contributed by atoms with Crippen LogP contribution in [0.4, 0.5) is 11.5 Å². The van der Waals surface area contributed by atoms with Crippen LogP contribution in [-0.4, -0.2) is 27.9 Å². The number of amides is 3. The van der Waals surface area contributed by atoms with Gasteiger partial charge in [-0.25, -0.2) is 5.01 Å². The van der Waals surface area contributed by atoms with Gasteiger partial charge in [-0.05, 0) is 30.5 Å². The fourth-order valence-electron chi connectivity index (χ4n) is 2.79. The molecule has 3 amide bonds.